The third kappa shape index (κ3) is 2.29. The van der Waals surface area contributed by atoms with Crippen LogP contribution in [0.15, 0.2) is 53.0 Å². The van der Waals surface area contributed by atoms with Crippen LogP contribution in [0.2, 0.25) is 0 Å². The van der Waals surface area contributed by atoms with Gasteiger partial charge in [0.2, 0.25) is 0 Å². The summed E-state index contributed by atoms with van der Waals surface area (Å²) in [6.45, 7) is 2.05. The lowest BCUT2D eigenvalue weighted by Crippen LogP contribution is -1.81. The molecule has 0 bridgehead atoms. The largest absolute Gasteiger partial charge is 0.0616 e. The summed E-state index contributed by atoms with van der Waals surface area (Å²) in [5, 5.41) is 0. The molecule has 0 aliphatic heterocycles. The van der Waals surface area contributed by atoms with Gasteiger partial charge < -0.3 is 0 Å². The van der Waals surface area contributed by atoms with Gasteiger partial charge in [0.1, 0.15) is 0 Å². The van der Waals surface area contributed by atoms with Crippen molar-refractivity contribution in [2.24, 2.45) is 0 Å². The first-order valence-corrected chi connectivity index (χ1v) is 5.75. The first-order valence-electron chi connectivity index (χ1n) is 4.95. The van der Waals surface area contributed by atoms with Crippen molar-refractivity contribution in [3.63, 3.8) is 0 Å². The molecule has 2 rings (SSSR count). The fourth-order valence-electron chi connectivity index (χ4n) is 1.55. The third-order valence-electron chi connectivity index (χ3n) is 2.43. The molecule has 0 fully saturated rings. The van der Waals surface area contributed by atoms with Gasteiger partial charge in [-0.3, -0.25) is 0 Å². The van der Waals surface area contributed by atoms with Crippen molar-refractivity contribution in [3.05, 3.63) is 65.0 Å². The van der Waals surface area contributed by atoms with Crippen LogP contribution in [0.1, 0.15) is 12.5 Å². The number of hydrogen-bond acceptors (Lipinski definition) is 0. The number of halogens is 1. The van der Waals surface area contributed by atoms with Gasteiger partial charge >= 0.3 is 0 Å². The molecule has 0 unspecified atom stereocenters. The van der Waals surface area contributed by atoms with Crippen molar-refractivity contribution < 1.29 is 0 Å². The fraction of sp³-hybridized carbons (Fsp3) is 0.0714. The van der Waals surface area contributed by atoms with Gasteiger partial charge in [0.15, 0.2) is 0 Å². The highest BCUT2D eigenvalue weighted by molar-refractivity contribution is 9.10. The van der Waals surface area contributed by atoms with E-state index in [2.05, 4.69) is 64.8 Å². The van der Waals surface area contributed by atoms with Crippen molar-refractivity contribution >= 4 is 15.9 Å². The summed E-state index contributed by atoms with van der Waals surface area (Å²) in [7, 11) is 0. The Morgan fingerprint density at radius 2 is 1.60 bits per heavy atom. The normalized spacial score (nSPS) is 10.3. The molecule has 0 aliphatic carbocycles. The lowest BCUT2D eigenvalue weighted by atomic mass is 10.0. The highest BCUT2D eigenvalue weighted by Crippen LogP contribution is 2.27. The quantitative estimate of drug-likeness (QED) is 0.734. The van der Waals surface area contributed by atoms with E-state index in [1.54, 1.807) is 0 Å². The molecule has 0 nitrogen and oxygen atoms in total. The highest BCUT2D eigenvalue weighted by atomic mass is 79.9. The molecule has 0 N–H and O–H groups in total. The predicted molar refractivity (Wildman–Crippen MR) is 68.7 cm³/mol. The zero-order valence-corrected chi connectivity index (χ0v) is 10.2. The van der Waals surface area contributed by atoms with Crippen molar-refractivity contribution in [1.29, 1.82) is 0 Å². The maximum absolute atomic E-state index is 3.56. The topological polar surface area (TPSA) is 0 Å². The second kappa shape index (κ2) is 4.63. The van der Waals surface area contributed by atoms with Crippen LogP contribution in [0.5, 0.6) is 0 Å². The standard InChI is InChI=1S/C14H12Br/c1-2-11-7-9-12(10-8-11)13-5-3-4-6-14(13)15/h2-10H,1H3. The Morgan fingerprint density at radius 3 is 2.20 bits per heavy atom. The molecule has 0 atom stereocenters. The van der Waals surface area contributed by atoms with Crippen LogP contribution < -0.4 is 0 Å². The lowest BCUT2D eigenvalue weighted by Gasteiger charge is -2.05. The smallest absolute Gasteiger partial charge is 0.0253 e. The molecule has 15 heavy (non-hydrogen) atoms. The summed E-state index contributed by atoms with van der Waals surface area (Å²) in [5.74, 6) is 0. The summed E-state index contributed by atoms with van der Waals surface area (Å²) < 4.78 is 1.14. The summed E-state index contributed by atoms with van der Waals surface area (Å²) in [6.07, 6.45) is 2.10. The fourth-order valence-corrected chi connectivity index (χ4v) is 2.06. The van der Waals surface area contributed by atoms with Crippen molar-refractivity contribution in [1.82, 2.24) is 0 Å². The third-order valence-corrected chi connectivity index (χ3v) is 3.12. The molecule has 0 aliphatic rings. The minimum absolute atomic E-state index is 1.14. The van der Waals surface area contributed by atoms with Gasteiger partial charge in [0.25, 0.3) is 0 Å². The van der Waals surface area contributed by atoms with Gasteiger partial charge in [-0.1, -0.05) is 65.3 Å². The molecule has 0 amide bonds. The van der Waals surface area contributed by atoms with Gasteiger partial charge in [0.05, 0.1) is 0 Å². The SMILES string of the molecule is C[CH]c1ccc(-c2ccccc2Br)cc1. The number of rotatable bonds is 2. The van der Waals surface area contributed by atoms with Gasteiger partial charge in [-0.25, -0.2) is 0 Å². The molecule has 0 spiro atoms. The first-order chi connectivity index (χ1) is 7.31. The van der Waals surface area contributed by atoms with E-state index in [-0.39, 0.29) is 0 Å². The molecule has 2 aromatic rings. The molecule has 75 valence electrons. The molecule has 0 aromatic heterocycles. The Labute approximate surface area is 99.1 Å². The van der Waals surface area contributed by atoms with Crippen LogP contribution in [0, 0.1) is 6.42 Å². The molecule has 1 radical (unpaired) electrons. The second-order valence-electron chi connectivity index (χ2n) is 3.39. The minimum atomic E-state index is 1.14. The molecule has 0 saturated heterocycles. The molecule has 1 heteroatoms. The monoisotopic (exact) mass is 259 g/mol. The summed E-state index contributed by atoms with van der Waals surface area (Å²) in [5.41, 5.74) is 3.74. The van der Waals surface area contributed by atoms with Crippen molar-refractivity contribution in [3.8, 4) is 11.1 Å². The summed E-state index contributed by atoms with van der Waals surface area (Å²) >= 11 is 3.56. The van der Waals surface area contributed by atoms with Crippen LogP contribution in [-0.2, 0) is 0 Å². The molecule has 0 heterocycles. The average molecular weight is 260 g/mol. The van der Waals surface area contributed by atoms with Crippen LogP contribution >= 0.6 is 15.9 Å². The second-order valence-corrected chi connectivity index (χ2v) is 4.24. The van der Waals surface area contributed by atoms with Gasteiger partial charge in [-0.15, -0.1) is 0 Å². The van der Waals surface area contributed by atoms with Gasteiger partial charge in [-0.05, 0) is 29.2 Å². The van der Waals surface area contributed by atoms with E-state index in [4.69, 9.17) is 0 Å². The number of hydrogen-bond donors (Lipinski definition) is 0. The maximum atomic E-state index is 3.56. The zero-order valence-electron chi connectivity index (χ0n) is 8.57. The Balaban J connectivity index is 2.42. The summed E-state index contributed by atoms with van der Waals surface area (Å²) in [4.78, 5) is 0. The predicted octanol–water partition coefficient (Wildman–Crippen LogP) is 4.69. The van der Waals surface area contributed by atoms with E-state index in [1.807, 2.05) is 13.0 Å². The molecule has 0 saturated carbocycles. The van der Waals surface area contributed by atoms with E-state index in [0.29, 0.717) is 0 Å². The molecule has 2 aromatic carbocycles. The molecular weight excluding hydrogens is 248 g/mol. The van der Waals surface area contributed by atoms with E-state index in [9.17, 15) is 0 Å². The van der Waals surface area contributed by atoms with Gasteiger partial charge in [-0.2, -0.15) is 0 Å². The average Bonchev–Trinajstić information content (AvgIpc) is 2.30. The zero-order chi connectivity index (χ0) is 10.7. The van der Waals surface area contributed by atoms with Gasteiger partial charge in [0, 0.05) is 4.47 Å². The van der Waals surface area contributed by atoms with Crippen LogP contribution in [-0.4, -0.2) is 0 Å². The van der Waals surface area contributed by atoms with Crippen LogP contribution in [0.25, 0.3) is 11.1 Å². The minimum Gasteiger partial charge on any atom is -0.0616 e. The van der Waals surface area contributed by atoms with E-state index < -0.39 is 0 Å². The summed E-state index contributed by atoms with van der Waals surface area (Å²) in [6, 6.07) is 16.8. The highest BCUT2D eigenvalue weighted by Gasteiger charge is 2.01. The Morgan fingerprint density at radius 1 is 0.933 bits per heavy atom. The van der Waals surface area contributed by atoms with Crippen molar-refractivity contribution in [2.45, 2.75) is 6.92 Å². The van der Waals surface area contributed by atoms with E-state index >= 15 is 0 Å². The Hall–Kier alpha value is -1.08. The van der Waals surface area contributed by atoms with E-state index in [0.717, 1.165) is 4.47 Å². The Kier molecular flexibility index (Phi) is 3.22. The molecular formula is C14H12Br. The number of benzene rings is 2. The first kappa shape index (κ1) is 10.4. The Bertz CT molecular complexity index is 443. The lowest BCUT2D eigenvalue weighted by molar-refractivity contribution is 1.42. The van der Waals surface area contributed by atoms with E-state index in [1.165, 1.54) is 16.7 Å². The van der Waals surface area contributed by atoms with Crippen molar-refractivity contribution in [2.75, 3.05) is 0 Å². The maximum Gasteiger partial charge on any atom is 0.0253 e. The van der Waals surface area contributed by atoms with Crippen LogP contribution in [0.4, 0.5) is 0 Å². The van der Waals surface area contributed by atoms with Crippen LogP contribution in [0.3, 0.4) is 0 Å².